The summed E-state index contributed by atoms with van der Waals surface area (Å²) in [4.78, 5) is 4.00. The van der Waals surface area contributed by atoms with Crippen LogP contribution in [0.25, 0.3) is 10.8 Å². The molecule has 6 aromatic carbocycles. The van der Waals surface area contributed by atoms with Crippen molar-refractivity contribution < 1.29 is 25.9 Å². The second-order valence-corrected chi connectivity index (χ2v) is 17.6. The number of benzene rings is 6. The monoisotopic (exact) mass is 803 g/mol. The molecule has 0 aromatic heterocycles. The van der Waals surface area contributed by atoms with E-state index in [2.05, 4.69) is 83.6 Å². The summed E-state index contributed by atoms with van der Waals surface area (Å²) in [5.41, 5.74) is 7.72. The van der Waals surface area contributed by atoms with Gasteiger partial charge in [-0.1, -0.05) is 74.4 Å². The molecule has 0 saturated heterocycles. The first-order chi connectivity index (χ1) is 27.4. The van der Waals surface area contributed by atoms with Crippen LogP contribution in [0, 0.1) is 5.92 Å². The van der Waals surface area contributed by atoms with Crippen molar-refractivity contribution in [2.45, 2.75) is 68.2 Å². The summed E-state index contributed by atoms with van der Waals surface area (Å²) in [6, 6.07) is 42.6. The third-order valence-electron chi connectivity index (χ3n) is 11.3. The SMILES string of the molecule is CCN(c1ccccc1)c1ccc(C(c2ccc(N(CC)c3ccc(S(=O)(=O)O)cc3)cc2)c2ccc(NC3CCCCC3C)c3cc(S(=O)(=O)O)ccc23)cc1. The average Bonchev–Trinajstić information content (AvgIpc) is 3.21. The van der Waals surface area contributed by atoms with Gasteiger partial charge in [-0.2, -0.15) is 16.8 Å². The quantitative estimate of drug-likeness (QED) is 0.0772. The fourth-order valence-corrected chi connectivity index (χ4v) is 9.29. The number of para-hydroxylation sites is 1. The fraction of sp³-hybridized carbons (Fsp3) is 0.261. The highest BCUT2D eigenvalue weighted by Crippen LogP contribution is 2.42. The Hall–Kier alpha value is -5.20. The van der Waals surface area contributed by atoms with Gasteiger partial charge in [0.1, 0.15) is 0 Å². The molecular weight excluding hydrogens is 755 g/mol. The highest BCUT2D eigenvalue weighted by molar-refractivity contribution is 7.86. The minimum Gasteiger partial charge on any atom is -0.382 e. The van der Waals surface area contributed by atoms with Crippen molar-refractivity contribution >= 4 is 59.4 Å². The van der Waals surface area contributed by atoms with Crippen molar-refractivity contribution in [2.24, 2.45) is 5.92 Å². The van der Waals surface area contributed by atoms with Crippen molar-refractivity contribution in [3.8, 4) is 0 Å². The number of nitrogens with one attached hydrogen (secondary N) is 1. The molecule has 57 heavy (non-hydrogen) atoms. The van der Waals surface area contributed by atoms with Crippen molar-refractivity contribution in [3.63, 3.8) is 0 Å². The molecule has 3 N–H and O–H groups in total. The largest absolute Gasteiger partial charge is 0.382 e. The molecule has 0 aliphatic heterocycles. The van der Waals surface area contributed by atoms with E-state index in [1.165, 1.54) is 24.6 Å². The van der Waals surface area contributed by atoms with E-state index in [9.17, 15) is 25.9 Å². The normalized spacial score (nSPS) is 16.6. The lowest BCUT2D eigenvalue weighted by molar-refractivity contribution is 0.350. The molecule has 7 rings (SSSR count). The Morgan fingerprint density at radius 3 is 1.60 bits per heavy atom. The Morgan fingerprint density at radius 2 is 1.09 bits per heavy atom. The summed E-state index contributed by atoms with van der Waals surface area (Å²) in [7, 11) is -8.77. The zero-order chi connectivity index (χ0) is 40.3. The van der Waals surface area contributed by atoms with Crippen LogP contribution in [0.5, 0.6) is 0 Å². The summed E-state index contributed by atoms with van der Waals surface area (Å²) in [6.07, 6.45) is 4.49. The summed E-state index contributed by atoms with van der Waals surface area (Å²) in [5.74, 6) is 0.204. The second kappa shape index (κ2) is 16.7. The van der Waals surface area contributed by atoms with Crippen molar-refractivity contribution in [3.05, 3.63) is 150 Å². The van der Waals surface area contributed by atoms with Gasteiger partial charge in [0.15, 0.2) is 0 Å². The standard InChI is InChI=1S/C46H49N3O6S2/c1-4-48(35-12-7-6-8-13-35)36-19-15-33(16-20-36)46(34-17-21-37(22-18-34)49(5-2)38-23-25-39(26-24-38)56(50,51)52)42-29-30-45(47-44-14-10-9-11-32(44)3)43-31-40(57(53,54)55)27-28-41(42)43/h6-8,12-13,15-32,44,46-47H,4-5,9-11,14H2,1-3H3,(H,50,51,52)(H,53,54,55). The van der Waals surface area contributed by atoms with Crippen LogP contribution in [-0.2, 0) is 20.2 Å². The van der Waals surface area contributed by atoms with Crippen molar-refractivity contribution in [2.75, 3.05) is 28.2 Å². The molecule has 0 bridgehead atoms. The number of rotatable bonds is 13. The second-order valence-electron chi connectivity index (χ2n) is 14.8. The van der Waals surface area contributed by atoms with E-state index in [-0.39, 0.29) is 21.8 Å². The van der Waals surface area contributed by atoms with Crippen molar-refractivity contribution in [1.82, 2.24) is 0 Å². The number of hydrogen-bond donors (Lipinski definition) is 3. The first-order valence-electron chi connectivity index (χ1n) is 19.5. The fourth-order valence-electron chi connectivity index (χ4n) is 8.30. The lowest BCUT2D eigenvalue weighted by Crippen LogP contribution is -2.30. The highest BCUT2D eigenvalue weighted by atomic mass is 32.2. The molecule has 3 unspecified atom stereocenters. The number of fused-ring (bicyclic) bond motifs is 1. The summed E-state index contributed by atoms with van der Waals surface area (Å²) >= 11 is 0. The lowest BCUT2D eigenvalue weighted by atomic mass is 9.82. The van der Waals surface area contributed by atoms with Crippen molar-refractivity contribution in [1.29, 1.82) is 0 Å². The molecule has 1 aliphatic carbocycles. The average molecular weight is 804 g/mol. The topological polar surface area (TPSA) is 127 Å². The number of nitrogens with zero attached hydrogens (tertiary/aromatic N) is 2. The first kappa shape index (κ1) is 40.0. The van der Waals surface area contributed by atoms with Crippen LogP contribution < -0.4 is 15.1 Å². The third-order valence-corrected chi connectivity index (χ3v) is 13.0. The minimum absolute atomic E-state index is 0.151. The van der Waals surface area contributed by atoms with Gasteiger partial charge in [-0.15, -0.1) is 0 Å². The van der Waals surface area contributed by atoms with Crippen LogP contribution in [-0.4, -0.2) is 45.1 Å². The molecule has 3 atom stereocenters. The zero-order valence-corrected chi connectivity index (χ0v) is 34.0. The maximum absolute atomic E-state index is 12.5. The molecule has 0 spiro atoms. The smallest absolute Gasteiger partial charge is 0.294 e. The van der Waals surface area contributed by atoms with Gasteiger partial charge in [-0.05, 0) is 134 Å². The van der Waals surface area contributed by atoms with Gasteiger partial charge in [0.2, 0.25) is 0 Å². The number of hydrogen-bond acceptors (Lipinski definition) is 7. The van der Waals surface area contributed by atoms with E-state index < -0.39 is 20.2 Å². The van der Waals surface area contributed by atoms with E-state index in [0.717, 1.165) is 81.7 Å². The van der Waals surface area contributed by atoms with Crippen LogP contribution in [0.2, 0.25) is 0 Å². The lowest BCUT2D eigenvalue weighted by Gasteiger charge is -2.31. The Balaban J connectivity index is 1.35. The third kappa shape index (κ3) is 8.72. The molecule has 9 nitrogen and oxygen atoms in total. The Kier molecular flexibility index (Phi) is 11.7. The van der Waals surface area contributed by atoms with Crippen LogP contribution in [0.3, 0.4) is 0 Å². The molecule has 296 valence electrons. The highest BCUT2D eigenvalue weighted by Gasteiger charge is 2.26. The predicted octanol–water partition coefficient (Wildman–Crippen LogP) is 10.8. The van der Waals surface area contributed by atoms with E-state index >= 15 is 0 Å². The van der Waals surface area contributed by atoms with Gasteiger partial charge < -0.3 is 15.1 Å². The predicted molar refractivity (Wildman–Crippen MR) is 231 cm³/mol. The maximum Gasteiger partial charge on any atom is 0.294 e. The van der Waals surface area contributed by atoms with E-state index in [0.29, 0.717) is 12.5 Å². The van der Waals surface area contributed by atoms with Crippen LogP contribution >= 0.6 is 0 Å². The molecule has 1 saturated carbocycles. The zero-order valence-electron chi connectivity index (χ0n) is 32.4. The maximum atomic E-state index is 12.5. The van der Waals surface area contributed by atoms with Gasteiger partial charge in [0.25, 0.3) is 20.2 Å². The Morgan fingerprint density at radius 1 is 0.596 bits per heavy atom. The van der Waals surface area contributed by atoms with Gasteiger partial charge in [0.05, 0.1) is 9.79 Å². The van der Waals surface area contributed by atoms with Crippen LogP contribution in [0.4, 0.5) is 28.4 Å². The first-order valence-corrected chi connectivity index (χ1v) is 22.4. The molecule has 1 aliphatic rings. The molecule has 0 amide bonds. The molecular formula is C46H49N3O6S2. The van der Waals surface area contributed by atoms with Gasteiger partial charge in [0, 0.05) is 58.9 Å². The van der Waals surface area contributed by atoms with Crippen LogP contribution in [0.15, 0.2) is 143 Å². The summed E-state index contributed by atoms with van der Waals surface area (Å²) in [6.45, 7) is 7.80. The molecule has 11 heteroatoms. The Bertz CT molecular complexity index is 2550. The minimum atomic E-state index is -4.46. The van der Waals surface area contributed by atoms with Gasteiger partial charge in [-0.25, -0.2) is 0 Å². The molecule has 0 radical (unpaired) electrons. The van der Waals surface area contributed by atoms with Crippen LogP contribution in [0.1, 0.15) is 69.1 Å². The van der Waals surface area contributed by atoms with E-state index in [1.807, 2.05) is 49.4 Å². The van der Waals surface area contributed by atoms with Gasteiger partial charge >= 0.3 is 0 Å². The molecule has 1 fully saturated rings. The van der Waals surface area contributed by atoms with Gasteiger partial charge in [-0.3, -0.25) is 9.11 Å². The molecule has 0 heterocycles. The summed E-state index contributed by atoms with van der Waals surface area (Å²) in [5, 5.41) is 5.36. The molecule has 6 aromatic rings. The van der Waals surface area contributed by atoms with E-state index in [4.69, 9.17) is 0 Å². The summed E-state index contributed by atoms with van der Waals surface area (Å²) < 4.78 is 67.9. The number of anilines is 5. The van der Waals surface area contributed by atoms with E-state index in [1.54, 1.807) is 18.2 Å². The Labute approximate surface area is 336 Å².